The van der Waals surface area contributed by atoms with Gasteiger partial charge in [0.1, 0.15) is 0 Å². The lowest BCUT2D eigenvalue weighted by molar-refractivity contribution is 0.337. The van der Waals surface area contributed by atoms with Crippen LogP contribution in [-0.4, -0.2) is 19.2 Å². The lowest BCUT2D eigenvalue weighted by Crippen LogP contribution is -2.49. The molecule has 0 amide bonds. The Morgan fingerprint density at radius 1 is 1.23 bits per heavy atom. The van der Waals surface area contributed by atoms with Gasteiger partial charge >= 0.3 is 0 Å². The van der Waals surface area contributed by atoms with E-state index in [-0.39, 0.29) is 10.8 Å². The van der Waals surface area contributed by atoms with Crippen molar-refractivity contribution in [2.75, 3.05) is 0 Å². The van der Waals surface area contributed by atoms with E-state index in [0.717, 1.165) is 12.8 Å². The van der Waals surface area contributed by atoms with Crippen LogP contribution in [0.4, 0.5) is 0 Å². The van der Waals surface area contributed by atoms with Gasteiger partial charge in [-0.05, 0) is 39.5 Å². The standard InChI is InChI=1S/C9H19NO2S/c1-7-5-8(6-7)13(11,12)10-9(2,3)4/h7-8,10H,5-6H2,1-4H3. The molecule has 1 rings (SSSR count). The van der Waals surface area contributed by atoms with Crippen molar-refractivity contribution < 1.29 is 8.42 Å². The highest BCUT2D eigenvalue weighted by Crippen LogP contribution is 2.32. The van der Waals surface area contributed by atoms with Gasteiger partial charge in [0.25, 0.3) is 0 Å². The molecule has 78 valence electrons. The second-order valence-corrected chi connectivity index (χ2v) is 7.06. The predicted molar refractivity (Wildman–Crippen MR) is 54.0 cm³/mol. The molecule has 0 aliphatic heterocycles. The highest BCUT2D eigenvalue weighted by molar-refractivity contribution is 7.90. The molecule has 0 unspecified atom stereocenters. The molecule has 1 aliphatic rings. The van der Waals surface area contributed by atoms with Crippen molar-refractivity contribution in [1.82, 2.24) is 4.72 Å². The summed E-state index contributed by atoms with van der Waals surface area (Å²) in [5.41, 5.74) is -0.350. The lowest BCUT2D eigenvalue weighted by atomic mass is 9.87. The Morgan fingerprint density at radius 3 is 2.00 bits per heavy atom. The Kier molecular flexibility index (Phi) is 2.74. The summed E-state index contributed by atoms with van der Waals surface area (Å²) in [5.74, 6) is 0.571. The van der Waals surface area contributed by atoms with E-state index in [2.05, 4.69) is 11.6 Å². The van der Waals surface area contributed by atoms with E-state index in [1.807, 2.05) is 20.8 Å². The van der Waals surface area contributed by atoms with Crippen LogP contribution in [0.15, 0.2) is 0 Å². The monoisotopic (exact) mass is 205 g/mol. The molecule has 4 heteroatoms. The van der Waals surface area contributed by atoms with Crippen LogP contribution in [0.5, 0.6) is 0 Å². The third kappa shape index (κ3) is 2.95. The van der Waals surface area contributed by atoms with Gasteiger partial charge in [0, 0.05) is 5.54 Å². The fourth-order valence-corrected chi connectivity index (χ4v) is 3.78. The van der Waals surface area contributed by atoms with Crippen LogP contribution >= 0.6 is 0 Å². The van der Waals surface area contributed by atoms with E-state index in [1.54, 1.807) is 0 Å². The summed E-state index contributed by atoms with van der Waals surface area (Å²) in [5, 5.41) is -0.151. The van der Waals surface area contributed by atoms with Gasteiger partial charge in [-0.3, -0.25) is 0 Å². The van der Waals surface area contributed by atoms with Crippen LogP contribution in [0.1, 0.15) is 40.5 Å². The highest BCUT2D eigenvalue weighted by atomic mass is 32.2. The topological polar surface area (TPSA) is 46.2 Å². The molecule has 0 aromatic heterocycles. The first-order valence-corrected chi connectivity index (χ1v) is 6.28. The third-order valence-corrected chi connectivity index (χ3v) is 4.38. The molecule has 0 saturated heterocycles. The predicted octanol–water partition coefficient (Wildman–Crippen LogP) is 1.50. The highest BCUT2D eigenvalue weighted by Gasteiger charge is 2.37. The van der Waals surface area contributed by atoms with Gasteiger partial charge in [-0.2, -0.15) is 0 Å². The minimum Gasteiger partial charge on any atom is -0.212 e. The van der Waals surface area contributed by atoms with Crippen molar-refractivity contribution in [3.8, 4) is 0 Å². The van der Waals surface area contributed by atoms with Gasteiger partial charge in [-0.25, -0.2) is 13.1 Å². The van der Waals surface area contributed by atoms with Crippen molar-refractivity contribution >= 4 is 10.0 Å². The number of hydrogen-bond acceptors (Lipinski definition) is 2. The van der Waals surface area contributed by atoms with E-state index in [1.165, 1.54) is 0 Å². The number of sulfonamides is 1. The second kappa shape index (κ2) is 3.24. The smallest absolute Gasteiger partial charge is 0.212 e. The van der Waals surface area contributed by atoms with Gasteiger partial charge in [0.05, 0.1) is 5.25 Å². The molecule has 1 aliphatic carbocycles. The van der Waals surface area contributed by atoms with Crippen LogP contribution < -0.4 is 4.72 Å². The Morgan fingerprint density at radius 2 is 1.69 bits per heavy atom. The number of nitrogens with one attached hydrogen (secondary N) is 1. The summed E-state index contributed by atoms with van der Waals surface area (Å²) in [6, 6.07) is 0. The SMILES string of the molecule is CC1CC(S(=O)(=O)NC(C)(C)C)C1. The van der Waals surface area contributed by atoms with E-state index in [4.69, 9.17) is 0 Å². The minimum atomic E-state index is -3.06. The zero-order chi connectivity index (χ0) is 10.3. The molecule has 3 nitrogen and oxygen atoms in total. The van der Waals surface area contributed by atoms with Gasteiger partial charge < -0.3 is 0 Å². The molecular weight excluding hydrogens is 186 g/mol. The molecule has 0 aromatic rings. The lowest BCUT2D eigenvalue weighted by Gasteiger charge is -2.34. The fourth-order valence-electron chi connectivity index (χ4n) is 1.59. The first-order chi connectivity index (χ1) is 5.71. The van der Waals surface area contributed by atoms with Crippen molar-refractivity contribution in [1.29, 1.82) is 0 Å². The number of hydrogen-bond donors (Lipinski definition) is 1. The average Bonchev–Trinajstić information content (AvgIpc) is 1.74. The van der Waals surface area contributed by atoms with E-state index < -0.39 is 10.0 Å². The molecule has 0 aromatic carbocycles. The minimum absolute atomic E-state index is 0.151. The van der Waals surface area contributed by atoms with Crippen molar-refractivity contribution in [2.24, 2.45) is 5.92 Å². The average molecular weight is 205 g/mol. The first kappa shape index (κ1) is 11.0. The van der Waals surface area contributed by atoms with Crippen LogP contribution in [0, 0.1) is 5.92 Å². The molecular formula is C9H19NO2S. The fraction of sp³-hybridized carbons (Fsp3) is 1.00. The van der Waals surface area contributed by atoms with Crippen molar-refractivity contribution in [3.63, 3.8) is 0 Å². The van der Waals surface area contributed by atoms with Crippen LogP contribution in [0.25, 0.3) is 0 Å². The zero-order valence-corrected chi connectivity index (χ0v) is 9.61. The second-order valence-electron chi connectivity index (χ2n) is 5.10. The Labute approximate surface area is 81.0 Å². The van der Waals surface area contributed by atoms with Crippen LogP contribution in [0.2, 0.25) is 0 Å². The van der Waals surface area contributed by atoms with Gasteiger partial charge in [0.15, 0.2) is 0 Å². The first-order valence-electron chi connectivity index (χ1n) is 4.73. The molecule has 13 heavy (non-hydrogen) atoms. The van der Waals surface area contributed by atoms with Crippen molar-refractivity contribution in [2.45, 2.75) is 51.3 Å². The van der Waals surface area contributed by atoms with E-state index in [9.17, 15) is 8.42 Å². The van der Waals surface area contributed by atoms with E-state index >= 15 is 0 Å². The molecule has 0 heterocycles. The molecule has 0 spiro atoms. The molecule has 1 saturated carbocycles. The quantitative estimate of drug-likeness (QED) is 0.742. The largest absolute Gasteiger partial charge is 0.214 e. The number of rotatable bonds is 2. The summed E-state index contributed by atoms with van der Waals surface area (Å²) in [4.78, 5) is 0. The van der Waals surface area contributed by atoms with Gasteiger partial charge in [0.2, 0.25) is 10.0 Å². The Balaban J connectivity index is 2.58. The molecule has 0 atom stereocenters. The zero-order valence-electron chi connectivity index (χ0n) is 8.79. The maximum Gasteiger partial charge on any atom is 0.214 e. The maximum absolute atomic E-state index is 11.7. The van der Waals surface area contributed by atoms with Crippen molar-refractivity contribution in [3.05, 3.63) is 0 Å². The van der Waals surface area contributed by atoms with Gasteiger partial charge in [-0.1, -0.05) is 6.92 Å². The molecule has 1 fully saturated rings. The Bertz CT molecular complexity index is 270. The maximum atomic E-state index is 11.7. The van der Waals surface area contributed by atoms with Crippen LogP contribution in [0.3, 0.4) is 0 Å². The molecule has 0 bridgehead atoms. The summed E-state index contributed by atoms with van der Waals surface area (Å²) in [6.45, 7) is 7.69. The molecule has 0 radical (unpaired) electrons. The van der Waals surface area contributed by atoms with E-state index in [0.29, 0.717) is 5.92 Å². The van der Waals surface area contributed by atoms with Crippen LogP contribution in [-0.2, 0) is 10.0 Å². The summed E-state index contributed by atoms with van der Waals surface area (Å²) in [6.07, 6.45) is 1.62. The normalized spacial score (nSPS) is 29.8. The van der Waals surface area contributed by atoms with Gasteiger partial charge in [-0.15, -0.1) is 0 Å². The molecule has 1 N–H and O–H groups in total. The summed E-state index contributed by atoms with van der Waals surface area (Å²) >= 11 is 0. The Hall–Kier alpha value is -0.0900. The summed E-state index contributed by atoms with van der Waals surface area (Å²) in [7, 11) is -3.06. The summed E-state index contributed by atoms with van der Waals surface area (Å²) < 4.78 is 26.0. The third-order valence-electron chi connectivity index (χ3n) is 2.22.